The van der Waals surface area contributed by atoms with Gasteiger partial charge in [0.1, 0.15) is 12.4 Å². The van der Waals surface area contributed by atoms with Gasteiger partial charge in [0, 0.05) is 13.3 Å². The second-order valence-electron chi connectivity index (χ2n) is 2.93. The van der Waals surface area contributed by atoms with Crippen LogP contribution in [-0.2, 0) is 11.2 Å². The zero-order chi connectivity index (χ0) is 11.1. The van der Waals surface area contributed by atoms with E-state index in [-0.39, 0.29) is 12.6 Å². The van der Waals surface area contributed by atoms with Crippen LogP contribution in [0.1, 0.15) is 12.5 Å². The van der Waals surface area contributed by atoms with Gasteiger partial charge in [-0.3, -0.25) is 4.79 Å². The van der Waals surface area contributed by atoms with Crippen LogP contribution >= 0.6 is 0 Å². The molecule has 0 bridgehead atoms. The highest BCUT2D eigenvalue weighted by atomic mass is 16.5. The maximum absolute atomic E-state index is 10.6. The molecule has 0 fully saturated rings. The average Bonchev–Trinajstić information content (AvgIpc) is 2.20. The van der Waals surface area contributed by atoms with E-state index in [2.05, 4.69) is 11.8 Å². The monoisotopic (exact) mass is 204 g/mol. The lowest BCUT2D eigenvalue weighted by Gasteiger charge is -2.01. The van der Waals surface area contributed by atoms with Crippen molar-refractivity contribution in [1.29, 1.82) is 0 Å². The van der Waals surface area contributed by atoms with E-state index in [9.17, 15) is 4.79 Å². The van der Waals surface area contributed by atoms with E-state index in [0.717, 1.165) is 5.56 Å². The third kappa shape index (κ3) is 4.30. The van der Waals surface area contributed by atoms with Gasteiger partial charge < -0.3 is 9.84 Å². The summed E-state index contributed by atoms with van der Waals surface area (Å²) in [5, 5.41) is 8.46. The first-order valence-electron chi connectivity index (χ1n) is 4.56. The molecule has 3 heteroatoms. The molecule has 0 aliphatic carbocycles. The predicted octanol–water partition coefficient (Wildman–Crippen LogP) is 1.15. The Labute approximate surface area is 88.7 Å². The van der Waals surface area contributed by atoms with Crippen molar-refractivity contribution in [1.82, 2.24) is 0 Å². The number of esters is 1. The molecule has 3 nitrogen and oxygen atoms in total. The van der Waals surface area contributed by atoms with Gasteiger partial charge >= 0.3 is 5.97 Å². The first-order chi connectivity index (χ1) is 7.22. The van der Waals surface area contributed by atoms with Crippen molar-refractivity contribution in [2.45, 2.75) is 13.3 Å². The number of benzene rings is 1. The fourth-order valence-electron chi connectivity index (χ4n) is 1.06. The van der Waals surface area contributed by atoms with Crippen LogP contribution in [0.25, 0.3) is 0 Å². The average molecular weight is 204 g/mol. The lowest BCUT2D eigenvalue weighted by Crippen LogP contribution is -2.00. The number of hydrogen-bond acceptors (Lipinski definition) is 3. The Kier molecular flexibility index (Phi) is 4.39. The van der Waals surface area contributed by atoms with Crippen LogP contribution in [0.4, 0.5) is 0 Å². The van der Waals surface area contributed by atoms with Gasteiger partial charge in [-0.05, 0) is 17.7 Å². The predicted molar refractivity (Wildman–Crippen MR) is 56.3 cm³/mol. The molecule has 0 unspecified atom stereocenters. The molecule has 15 heavy (non-hydrogen) atoms. The molecule has 0 spiro atoms. The third-order valence-corrected chi connectivity index (χ3v) is 1.68. The molecule has 0 heterocycles. The highest BCUT2D eigenvalue weighted by molar-refractivity contribution is 5.69. The van der Waals surface area contributed by atoms with Crippen molar-refractivity contribution in [3.05, 3.63) is 29.8 Å². The number of ether oxygens (including phenoxy) is 1. The maximum Gasteiger partial charge on any atom is 0.308 e. The molecular weight excluding hydrogens is 192 g/mol. The molecule has 0 aromatic heterocycles. The van der Waals surface area contributed by atoms with E-state index >= 15 is 0 Å². The first kappa shape index (κ1) is 11.3. The number of carbonyl (C=O) groups is 1. The summed E-state index contributed by atoms with van der Waals surface area (Å²) in [5.41, 5.74) is 1.02. The Morgan fingerprint density at radius 1 is 1.33 bits per heavy atom. The Morgan fingerprint density at radius 3 is 2.53 bits per heavy atom. The summed E-state index contributed by atoms with van der Waals surface area (Å²) < 4.78 is 4.88. The molecule has 78 valence electrons. The van der Waals surface area contributed by atoms with Crippen LogP contribution in [0.15, 0.2) is 24.3 Å². The molecule has 1 aromatic carbocycles. The normalized spacial score (nSPS) is 8.93. The number of carbonyl (C=O) groups excluding carboxylic acids is 1. The summed E-state index contributed by atoms with van der Waals surface area (Å²) in [6.45, 7) is 1.24. The molecule has 1 rings (SSSR count). The topological polar surface area (TPSA) is 46.5 Å². The minimum atomic E-state index is -0.331. The second kappa shape index (κ2) is 5.84. The Morgan fingerprint density at radius 2 is 2.00 bits per heavy atom. The summed E-state index contributed by atoms with van der Waals surface area (Å²) in [5.74, 6) is 5.57. The highest BCUT2D eigenvalue weighted by Crippen LogP contribution is 2.12. The van der Waals surface area contributed by atoms with Crippen LogP contribution in [-0.4, -0.2) is 17.7 Å². The van der Waals surface area contributed by atoms with Crippen molar-refractivity contribution in [3.63, 3.8) is 0 Å². The van der Waals surface area contributed by atoms with Gasteiger partial charge in [0.2, 0.25) is 0 Å². The quantitative estimate of drug-likeness (QED) is 0.446. The zero-order valence-corrected chi connectivity index (χ0v) is 8.49. The summed E-state index contributed by atoms with van der Waals surface area (Å²) in [7, 11) is 0. The molecule has 0 atom stereocenters. The number of hydrogen-bond donors (Lipinski definition) is 1. The van der Waals surface area contributed by atoms with Gasteiger partial charge in [-0.2, -0.15) is 0 Å². The van der Waals surface area contributed by atoms with Crippen LogP contribution in [0.2, 0.25) is 0 Å². The van der Waals surface area contributed by atoms with Crippen LogP contribution in [0.5, 0.6) is 5.75 Å². The smallest absolute Gasteiger partial charge is 0.308 e. The standard InChI is InChI=1S/C12H12O3/c1-10(14)15-12-7-5-11(6-8-12)4-2-3-9-13/h5-8,13H,4,9H2,1H3. The lowest BCUT2D eigenvalue weighted by molar-refractivity contribution is -0.131. The highest BCUT2D eigenvalue weighted by Gasteiger charge is 1.97. The Bertz CT molecular complexity index is 382. The summed E-state index contributed by atoms with van der Waals surface area (Å²) in [6.07, 6.45) is 0.584. The molecule has 0 saturated carbocycles. The van der Waals surface area contributed by atoms with E-state index in [4.69, 9.17) is 9.84 Å². The first-order valence-corrected chi connectivity index (χ1v) is 4.56. The fourth-order valence-corrected chi connectivity index (χ4v) is 1.06. The van der Waals surface area contributed by atoms with Gasteiger partial charge in [-0.15, -0.1) is 0 Å². The Hall–Kier alpha value is -1.79. The zero-order valence-electron chi connectivity index (χ0n) is 8.49. The Balaban J connectivity index is 2.60. The van der Waals surface area contributed by atoms with Crippen LogP contribution in [0, 0.1) is 11.8 Å². The van der Waals surface area contributed by atoms with E-state index in [1.165, 1.54) is 6.92 Å². The van der Waals surface area contributed by atoms with Gasteiger partial charge in [0.15, 0.2) is 0 Å². The van der Waals surface area contributed by atoms with Crippen molar-refractivity contribution in [2.24, 2.45) is 0 Å². The number of rotatable bonds is 2. The van der Waals surface area contributed by atoms with Crippen molar-refractivity contribution < 1.29 is 14.6 Å². The van der Waals surface area contributed by atoms with Gasteiger partial charge in [-0.25, -0.2) is 0 Å². The molecule has 0 saturated heterocycles. The summed E-state index contributed by atoms with van der Waals surface area (Å²) >= 11 is 0. The van der Waals surface area contributed by atoms with Gasteiger partial charge in [0.05, 0.1) is 0 Å². The molecule has 0 amide bonds. The van der Waals surface area contributed by atoms with Crippen LogP contribution < -0.4 is 4.74 Å². The fraction of sp³-hybridized carbons (Fsp3) is 0.250. The SMILES string of the molecule is CC(=O)Oc1ccc(CC#CCO)cc1. The molecular formula is C12H12O3. The molecule has 1 N–H and O–H groups in total. The van der Waals surface area contributed by atoms with E-state index in [1.807, 2.05) is 12.1 Å². The minimum Gasteiger partial charge on any atom is -0.427 e. The maximum atomic E-state index is 10.6. The molecule has 0 radical (unpaired) electrons. The van der Waals surface area contributed by atoms with Crippen molar-refractivity contribution >= 4 is 5.97 Å². The van der Waals surface area contributed by atoms with E-state index in [1.54, 1.807) is 12.1 Å². The van der Waals surface area contributed by atoms with Gasteiger partial charge in [-0.1, -0.05) is 24.0 Å². The molecule has 1 aromatic rings. The van der Waals surface area contributed by atoms with Gasteiger partial charge in [0.25, 0.3) is 0 Å². The molecule has 0 aliphatic heterocycles. The van der Waals surface area contributed by atoms with Crippen LogP contribution in [0.3, 0.4) is 0 Å². The lowest BCUT2D eigenvalue weighted by atomic mass is 10.1. The summed E-state index contributed by atoms with van der Waals surface area (Å²) in [4.78, 5) is 10.6. The largest absolute Gasteiger partial charge is 0.427 e. The van der Waals surface area contributed by atoms with Crippen molar-refractivity contribution in [2.75, 3.05) is 6.61 Å². The van der Waals surface area contributed by atoms with E-state index < -0.39 is 0 Å². The third-order valence-electron chi connectivity index (χ3n) is 1.68. The number of aliphatic hydroxyl groups excluding tert-OH is 1. The second-order valence-corrected chi connectivity index (χ2v) is 2.93. The number of aliphatic hydroxyl groups is 1. The van der Waals surface area contributed by atoms with Crippen molar-refractivity contribution in [3.8, 4) is 17.6 Å². The summed E-state index contributed by atoms with van der Waals surface area (Å²) in [6, 6.07) is 7.11. The molecule has 0 aliphatic rings. The minimum absolute atomic E-state index is 0.120. The van der Waals surface area contributed by atoms with E-state index in [0.29, 0.717) is 12.2 Å².